The molecule has 118 valence electrons. The summed E-state index contributed by atoms with van der Waals surface area (Å²) < 4.78 is 0. The van der Waals surface area contributed by atoms with Crippen molar-refractivity contribution in [3.8, 4) is 0 Å². The summed E-state index contributed by atoms with van der Waals surface area (Å²) in [4.78, 5) is 21.5. The van der Waals surface area contributed by atoms with Crippen LogP contribution in [0.25, 0.3) is 0 Å². The van der Waals surface area contributed by atoms with Crippen LogP contribution >= 0.6 is 0 Å². The molecule has 6 heteroatoms. The summed E-state index contributed by atoms with van der Waals surface area (Å²) in [5.74, 6) is -2.99. The fraction of sp³-hybridized carbons (Fsp3) is 0.857. The van der Waals surface area contributed by atoms with E-state index in [0.29, 0.717) is 6.42 Å². The lowest BCUT2D eigenvalue weighted by atomic mass is 9.91. The van der Waals surface area contributed by atoms with Gasteiger partial charge in [0.1, 0.15) is 0 Å². The predicted molar refractivity (Wildman–Crippen MR) is 73.4 cm³/mol. The molecular formula is C14H26O6. The number of rotatable bonds is 12. The van der Waals surface area contributed by atoms with Crippen molar-refractivity contribution in [1.82, 2.24) is 0 Å². The molecule has 0 bridgehead atoms. The molecule has 4 N–H and O–H groups in total. The lowest BCUT2D eigenvalue weighted by Gasteiger charge is -2.21. The molecule has 0 fully saturated rings. The molecule has 0 saturated heterocycles. The van der Waals surface area contributed by atoms with E-state index in [1.54, 1.807) is 0 Å². The van der Waals surface area contributed by atoms with Gasteiger partial charge in [-0.3, -0.25) is 9.59 Å². The fourth-order valence-corrected chi connectivity index (χ4v) is 2.12. The Morgan fingerprint density at radius 1 is 1.00 bits per heavy atom. The van der Waals surface area contributed by atoms with Crippen molar-refractivity contribution in [1.29, 1.82) is 0 Å². The van der Waals surface area contributed by atoms with Crippen LogP contribution in [0.5, 0.6) is 0 Å². The van der Waals surface area contributed by atoms with Crippen LogP contribution < -0.4 is 0 Å². The van der Waals surface area contributed by atoms with Gasteiger partial charge in [0.2, 0.25) is 0 Å². The van der Waals surface area contributed by atoms with Crippen LogP contribution in [-0.4, -0.2) is 44.6 Å². The van der Waals surface area contributed by atoms with Gasteiger partial charge in [-0.2, -0.15) is 0 Å². The summed E-state index contributed by atoms with van der Waals surface area (Å²) >= 11 is 0. The van der Waals surface area contributed by atoms with E-state index >= 15 is 0 Å². The highest BCUT2D eigenvalue weighted by atomic mass is 16.4. The molecule has 6 nitrogen and oxygen atoms in total. The predicted octanol–water partition coefficient (Wildman–Crippen LogP) is 1.63. The summed E-state index contributed by atoms with van der Waals surface area (Å²) in [6, 6.07) is 0. The molecule has 0 aromatic rings. The van der Waals surface area contributed by atoms with Gasteiger partial charge in [0.25, 0.3) is 0 Å². The van der Waals surface area contributed by atoms with Crippen LogP contribution in [0, 0.1) is 5.92 Å². The first-order chi connectivity index (χ1) is 9.38. The fourth-order valence-electron chi connectivity index (χ4n) is 2.12. The number of carbonyl (C=O) groups is 2. The van der Waals surface area contributed by atoms with E-state index < -0.39 is 30.1 Å². The molecule has 0 aliphatic carbocycles. The van der Waals surface area contributed by atoms with Gasteiger partial charge >= 0.3 is 11.9 Å². The average molecular weight is 290 g/mol. The maximum Gasteiger partial charge on any atom is 0.309 e. The molecule has 0 saturated carbocycles. The standard InChI is InChI=1S/C14H26O6/c1-2-3-4-5-6-11(14(19)20)12(16)9-10(15)7-8-13(17)18/h10-12,15-16H,2-9H2,1H3,(H,17,18)(H,19,20). The van der Waals surface area contributed by atoms with E-state index in [2.05, 4.69) is 6.92 Å². The summed E-state index contributed by atoms with van der Waals surface area (Å²) in [5.41, 5.74) is 0. The number of aliphatic carboxylic acids is 2. The number of aliphatic hydroxyl groups is 2. The van der Waals surface area contributed by atoms with Gasteiger partial charge in [-0.15, -0.1) is 0 Å². The Bertz CT molecular complexity index is 291. The lowest BCUT2D eigenvalue weighted by Crippen LogP contribution is -2.31. The molecule has 0 heterocycles. The Morgan fingerprint density at radius 3 is 2.15 bits per heavy atom. The zero-order chi connectivity index (χ0) is 15.5. The van der Waals surface area contributed by atoms with Crippen molar-refractivity contribution >= 4 is 11.9 Å². The van der Waals surface area contributed by atoms with Crippen LogP contribution in [0.15, 0.2) is 0 Å². The van der Waals surface area contributed by atoms with E-state index in [1.165, 1.54) is 0 Å². The largest absolute Gasteiger partial charge is 0.481 e. The number of hydrogen-bond donors (Lipinski definition) is 4. The van der Waals surface area contributed by atoms with Crippen LogP contribution in [0.2, 0.25) is 0 Å². The monoisotopic (exact) mass is 290 g/mol. The third-order valence-electron chi connectivity index (χ3n) is 3.36. The van der Waals surface area contributed by atoms with Gasteiger partial charge in [0, 0.05) is 12.8 Å². The summed E-state index contributed by atoms with van der Waals surface area (Å²) in [6.45, 7) is 2.06. The zero-order valence-electron chi connectivity index (χ0n) is 12.0. The van der Waals surface area contributed by atoms with E-state index in [4.69, 9.17) is 10.2 Å². The van der Waals surface area contributed by atoms with Gasteiger partial charge in [0.05, 0.1) is 18.1 Å². The Labute approximate surface area is 119 Å². The number of hydrogen-bond acceptors (Lipinski definition) is 4. The van der Waals surface area contributed by atoms with E-state index in [1.807, 2.05) is 0 Å². The first-order valence-electron chi connectivity index (χ1n) is 7.19. The van der Waals surface area contributed by atoms with Gasteiger partial charge < -0.3 is 20.4 Å². The molecule has 0 radical (unpaired) electrons. The topological polar surface area (TPSA) is 115 Å². The van der Waals surface area contributed by atoms with Crippen molar-refractivity contribution in [2.75, 3.05) is 0 Å². The van der Waals surface area contributed by atoms with Crippen molar-refractivity contribution < 1.29 is 30.0 Å². The minimum absolute atomic E-state index is 0.0224. The van der Waals surface area contributed by atoms with Crippen LogP contribution in [0.4, 0.5) is 0 Å². The highest BCUT2D eigenvalue weighted by Crippen LogP contribution is 2.19. The summed E-state index contributed by atoms with van der Waals surface area (Å²) in [7, 11) is 0. The Kier molecular flexibility index (Phi) is 10.0. The van der Waals surface area contributed by atoms with E-state index in [0.717, 1.165) is 25.7 Å². The highest BCUT2D eigenvalue weighted by molar-refractivity contribution is 5.70. The molecule has 0 aromatic heterocycles. The molecule has 0 aromatic carbocycles. The molecule has 0 rings (SSSR count). The smallest absolute Gasteiger partial charge is 0.309 e. The minimum Gasteiger partial charge on any atom is -0.481 e. The molecule has 3 unspecified atom stereocenters. The molecular weight excluding hydrogens is 264 g/mol. The van der Waals surface area contributed by atoms with E-state index in [-0.39, 0.29) is 19.3 Å². The SMILES string of the molecule is CCCCCCC(C(=O)O)C(O)CC(O)CCC(=O)O. The Balaban J connectivity index is 4.16. The quantitative estimate of drug-likeness (QED) is 0.406. The average Bonchev–Trinajstić information content (AvgIpc) is 2.35. The van der Waals surface area contributed by atoms with Gasteiger partial charge in [-0.1, -0.05) is 32.6 Å². The van der Waals surface area contributed by atoms with Crippen molar-refractivity contribution in [2.24, 2.45) is 5.92 Å². The molecule has 0 aliphatic heterocycles. The Morgan fingerprint density at radius 2 is 1.65 bits per heavy atom. The lowest BCUT2D eigenvalue weighted by molar-refractivity contribution is -0.147. The second-order valence-corrected chi connectivity index (χ2v) is 5.18. The number of carboxylic acids is 2. The number of aliphatic hydroxyl groups excluding tert-OH is 2. The number of carboxylic acid groups (broad SMARTS) is 2. The van der Waals surface area contributed by atoms with Crippen LogP contribution in [-0.2, 0) is 9.59 Å². The molecule has 3 atom stereocenters. The first kappa shape index (κ1) is 18.9. The molecule has 0 spiro atoms. The van der Waals surface area contributed by atoms with Gasteiger partial charge in [-0.25, -0.2) is 0 Å². The highest BCUT2D eigenvalue weighted by Gasteiger charge is 2.27. The normalized spacial score (nSPS) is 15.6. The molecule has 20 heavy (non-hydrogen) atoms. The maximum absolute atomic E-state index is 11.1. The third kappa shape index (κ3) is 8.87. The van der Waals surface area contributed by atoms with E-state index in [9.17, 15) is 19.8 Å². The van der Waals surface area contributed by atoms with Crippen molar-refractivity contribution in [3.05, 3.63) is 0 Å². The summed E-state index contributed by atoms with van der Waals surface area (Å²) in [6.07, 6.45) is 1.72. The summed E-state index contributed by atoms with van der Waals surface area (Å²) in [5, 5.41) is 37.1. The second-order valence-electron chi connectivity index (χ2n) is 5.18. The van der Waals surface area contributed by atoms with Crippen LogP contribution in [0.3, 0.4) is 0 Å². The third-order valence-corrected chi connectivity index (χ3v) is 3.36. The first-order valence-corrected chi connectivity index (χ1v) is 7.19. The molecule has 0 amide bonds. The maximum atomic E-state index is 11.1. The minimum atomic E-state index is -1.14. The van der Waals surface area contributed by atoms with Crippen LogP contribution in [0.1, 0.15) is 58.3 Å². The number of unbranched alkanes of at least 4 members (excludes halogenated alkanes) is 3. The van der Waals surface area contributed by atoms with Crippen molar-refractivity contribution in [2.45, 2.75) is 70.5 Å². The second kappa shape index (κ2) is 10.6. The Hall–Kier alpha value is -1.14. The zero-order valence-corrected chi connectivity index (χ0v) is 12.0. The van der Waals surface area contributed by atoms with Gasteiger partial charge in [-0.05, 0) is 12.8 Å². The van der Waals surface area contributed by atoms with Crippen molar-refractivity contribution in [3.63, 3.8) is 0 Å². The van der Waals surface area contributed by atoms with Gasteiger partial charge in [0.15, 0.2) is 0 Å². The molecule has 0 aliphatic rings.